The van der Waals surface area contributed by atoms with Crippen LogP contribution in [0.4, 0.5) is 0 Å². The maximum atomic E-state index is 9.50. The molecule has 0 aromatic rings. The summed E-state index contributed by atoms with van der Waals surface area (Å²) in [6.07, 6.45) is 0. The topological polar surface area (TPSA) is 100 Å². The van der Waals surface area contributed by atoms with Crippen molar-refractivity contribution in [1.82, 2.24) is 6.15 Å². The quantitative estimate of drug-likeness (QED) is 0.356. The van der Waals surface area contributed by atoms with E-state index in [-0.39, 0.29) is 6.15 Å². The van der Waals surface area contributed by atoms with Crippen molar-refractivity contribution in [3.8, 4) is 6.07 Å². The van der Waals surface area contributed by atoms with Crippen LogP contribution >= 0.6 is 0 Å². The van der Waals surface area contributed by atoms with Crippen LogP contribution in [0.5, 0.6) is 0 Å². The van der Waals surface area contributed by atoms with Crippen molar-refractivity contribution in [2.24, 2.45) is 0 Å². The van der Waals surface area contributed by atoms with Crippen LogP contribution < -0.4 is 11.3 Å². The summed E-state index contributed by atoms with van der Waals surface area (Å²) in [5.41, 5.74) is -0.542. The number of carbonyl (C=O) groups is 1. The van der Waals surface area contributed by atoms with Crippen LogP contribution in [-0.2, 0) is 4.79 Å². The Hall–Kier alpha value is -1.34. The molecule has 44 valence electrons. The molecule has 4 nitrogen and oxygen atoms in total. The van der Waals surface area contributed by atoms with Crippen molar-refractivity contribution in [2.45, 2.75) is 0 Å². The summed E-state index contributed by atoms with van der Waals surface area (Å²) in [5, 5.41) is 17.2. The molecule has 0 aromatic heterocycles. The van der Waals surface area contributed by atoms with Gasteiger partial charge in [-0.15, -0.1) is 0 Å². The molecule has 4 N–H and O–H groups in total. The van der Waals surface area contributed by atoms with Crippen LogP contribution in [-0.4, -0.2) is 5.97 Å². The number of carboxylic acid groups (broad SMARTS) is 1. The highest BCUT2D eigenvalue weighted by Crippen LogP contribution is 1.78. The first-order valence-corrected chi connectivity index (χ1v) is 1.49. The van der Waals surface area contributed by atoms with E-state index in [2.05, 4.69) is 6.58 Å². The lowest BCUT2D eigenvalue weighted by molar-refractivity contribution is -0.298. The van der Waals surface area contributed by atoms with Gasteiger partial charge in [0, 0.05) is 0 Å². The Bertz CT molecular complexity index is 145. The fourth-order valence-corrected chi connectivity index (χ4v) is 0.0456. The number of aliphatic carboxylic acids is 1. The number of hydrogen-bond acceptors (Lipinski definition) is 3. The van der Waals surface area contributed by atoms with Crippen LogP contribution in [0.15, 0.2) is 12.2 Å². The molecule has 8 heavy (non-hydrogen) atoms. The Kier molecular flexibility index (Phi) is 4.71. The summed E-state index contributed by atoms with van der Waals surface area (Å²) in [6, 6.07) is 1.31. The minimum absolute atomic E-state index is 0. The maximum absolute atomic E-state index is 9.50. The van der Waals surface area contributed by atoms with Crippen LogP contribution in [0.2, 0.25) is 0 Å². The first kappa shape index (κ1) is 9.83. The van der Waals surface area contributed by atoms with Crippen molar-refractivity contribution in [1.29, 1.82) is 5.26 Å². The van der Waals surface area contributed by atoms with Crippen LogP contribution in [0.3, 0.4) is 0 Å². The standard InChI is InChI=1S/C4H3NO2.H3N/c1-3(2-5)4(6)7;/h1H2,(H,6,7);1H3. The maximum Gasteiger partial charge on any atom is 0.100 e. The molecule has 0 aromatic carbocycles. The summed E-state index contributed by atoms with van der Waals surface area (Å²) >= 11 is 0. The largest absolute Gasteiger partial charge is 0.544 e. The van der Waals surface area contributed by atoms with Gasteiger partial charge in [0.2, 0.25) is 0 Å². The van der Waals surface area contributed by atoms with E-state index in [1.54, 1.807) is 0 Å². The molecule has 0 atom stereocenters. The molecule has 0 saturated heterocycles. The monoisotopic (exact) mass is 114 g/mol. The molecule has 0 aliphatic carbocycles. The Balaban J connectivity index is 0. The van der Waals surface area contributed by atoms with Gasteiger partial charge in [0.25, 0.3) is 0 Å². The van der Waals surface area contributed by atoms with E-state index in [1.807, 2.05) is 0 Å². The molecule has 0 amide bonds. The van der Waals surface area contributed by atoms with Gasteiger partial charge in [0.05, 0.1) is 11.5 Å². The lowest BCUT2D eigenvalue weighted by Gasteiger charge is -1.90. The molecule has 0 aliphatic rings. The number of nitrogens with zero attached hydrogens (tertiary/aromatic N) is 1. The zero-order chi connectivity index (χ0) is 5.86. The third-order valence-corrected chi connectivity index (χ3v) is 0.381. The summed E-state index contributed by atoms with van der Waals surface area (Å²) in [5.74, 6) is -1.51. The zero-order valence-electron chi connectivity index (χ0n) is 4.47. The summed E-state index contributed by atoms with van der Waals surface area (Å²) in [7, 11) is 0. The normalized spacial score (nSPS) is 5.88. The molecule has 4 heteroatoms. The van der Waals surface area contributed by atoms with Gasteiger partial charge in [-0.2, -0.15) is 5.26 Å². The van der Waals surface area contributed by atoms with E-state index in [9.17, 15) is 9.90 Å². The molecule has 0 rings (SSSR count). The smallest absolute Gasteiger partial charge is 0.100 e. The van der Waals surface area contributed by atoms with Crippen molar-refractivity contribution in [2.75, 3.05) is 0 Å². The number of rotatable bonds is 1. The second-order valence-corrected chi connectivity index (χ2v) is 0.878. The number of nitriles is 1. The van der Waals surface area contributed by atoms with Crippen molar-refractivity contribution in [3.05, 3.63) is 12.2 Å². The number of hydrogen-bond donors (Lipinski definition) is 1. The van der Waals surface area contributed by atoms with Gasteiger partial charge in [0.1, 0.15) is 6.07 Å². The van der Waals surface area contributed by atoms with Gasteiger partial charge in [-0.1, -0.05) is 6.58 Å². The first-order chi connectivity index (χ1) is 3.18. The minimum atomic E-state index is -1.51. The van der Waals surface area contributed by atoms with E-state index in [1.165, 1.54) is 6.07 Å². The molecule has 0 bridgehead atoms. The summed E-state index contributed by atoms with van der Waals surface area (Å²) in [4.78, 5) is 9.50. The molecule has 0 fully saturated rings. The molecular weight excluding hydrogens is 108 g/mol. The highest BCUT2D eigenvalue weighted by atomic mass is 16.4. The van der Waals surface area contributed by atoms with Gasteiger partial charge < -0.3 is 16.1 Å². The Labute approximate surface area is 46.6 Å². The second kappa shape index (κ2) is 3.84. The van der Waals surface area contributed by atoms with Crippen LogP contribution in [0.25, 0.3) is 0 Å². The summed E-state index contributed by atoms with van der Waals surface area (Å²) < 4.78 is 0. The van der Waals surface area contributed by atoms with E-state index in [4.69, 9.17) is 5.26 Å². The predicted molar refractivity (Wildman–Crippen MR) is 25.7 cm³/mol. The number of carboxylic acids is 1. The lowest BCUT2D eigenvalue weighted by Crippen LogP contribution is -2.22. The number of carbonyl (C=O) groups excluding carboxylic acids is 1. The third-order valence-electron chi connectivity index (χ3n) is 0.381. The van der Waals surface area contributed by atoms with E-state index >= 15 is 0 Å². The number of quaternary nitrogens is 1. The average molecular weight is 114 g/mol. The van der Waals surface area contributed by atoms with Crippen LogP contribution in [0, 0.1) is 11.3 Å². The second-order valence-electron chi connectivity index (χ2n) is 0.878. The van der Waals surface area contributed by atoms with Crippen molar-refractivity contribution < 1.29 is 9.90 Å². The van der Waals surface area contributed by atoms with Crippen LogP contribution in [0.1, 0.15) is 0 Å². The minimum Gasteiger partial charge on any atom is -0.544 e. The lowest BCUT2D eigenvalue weighted by atomic mass is 10.4. The van der Waals surface area contributed by atoms with Gasteiger partial charge in [-0.05, 0) is 0 Å². The molecule has 0 spiro atoms. The Morgan fingerprint density at radius 3 is 2.12 bits per heavy atom. The Morgan fingerprint density at radius 2 is 2.12 bits per heavy atom. The first-order valence-electron chi connectivity index (χ1n) is 1.49. The molecule has 0 unspecified atom stereocenters. The van der Waals surface area contributed by atoms with E-state index < -0.39 is 11.5 Å². The Morgan fingerprint density at radius 1 is 1.75 bits per heavy atom. The SMILES string of the molecule is C=C(C#N)C(=O)[O-].[NH4+]. The molecular formula is C4H6N2O2. The zero-order valence-corrected chi connectivity index (χ0v) is 4.47. The van der Waals surface area contributed by atoms with Gasteiger partial charge in [-0.3, -0.25) is 0 Å². The van der Waals surface area contributed by atoms with E-state index in [0.717, 1.165) is 0 Å². The van der Waals surface area contributed by atoms with Gasteiger partial charge in [0.15, 0.2) is 0 Å². The fourth-order valence-electron chi connectivity index (χ4n) is 0.0456. The summed E-state index contributed by atoms with van der Waals surface area (Å²) in [6.45, 7) is 2.85. The molecule has 0 heterocycles. The fraction of sp³-hybridized carbons (Fsp3) is 0. The highest BCUT2D eigenvalue weighted by molar-refractivity contribution is 5.88. The van der Waals surface area contributed by atoms with Gasteiger partial charge in [-0.25, -0.2) is 0 Å². The van der Waals surface area contributed by atoms with Crippen molar-refractivity contribution >= 4 is 5.97 Å². The highest BCUT2D eigenvalue weighted by Gasteiger charge is 1.85. The van der Waals surface area contributed by atoms with E-state index in [0.29, 0.717) is 0 Å². The average Bonchev–Trinajstić information content (AvgIpc) is 1.65. The molecule has 0 saturated carbocycles. The third kappa shape index (κ3) is 2.87. The molecule has 0 radical (unpaired) electrons. The molecule has 0 aliphatic heterocycles. The predicted octanol–water partition coefficient (Wildman–Crippen LogP) is -0.808. The van der Waals surface area contributed by atoms with Gasteiger partial charge >= 0.3 is 0 Å². The van der Waals surface area contributed by atoms with Crippen molar-refractivity contribution in [3.63, 3.8) is 0 Å².